The molecule has 29 heavy (non-hydrogen) atoms. The summed E-state index contributed by atoms with van der Waals surface area (Å²) in [4.78, 5) is 0. The van der Waals surface area contributed by atoms with Crippen molar-refractivity contribution in [2.75, 3.05) is 0 Å². The Morgan fingerprint density at radius 2 is 1.45 bits per heavy atom. The third-order valence-electron chi connectivity index (χ3n) is 5.00. The van der Waals surface area contributed by atoms with Crippen molar-refractivity contribution in [3.8, 4) is 16.9 Å². The third-order valence-corrected chi connectivity index (χ3v) is 5.00. The number of unbranched alkanes of at least 4 members (excludes halogenated alkanes) is 4. The number of aryl methyl sites for hydroxylation is 1. The van der Waals surface area contributed by atoms with Gasteiger partial charge in [-0.05, 0) is 65.1 Å². The number of fused-ring (bicyclic) bond motifs is 1. The molecule has 0 saturated heterocycles. The molecule has 154 valence electrons. The summed E-state index contributed by atoms with van der Waals surface area (Å²) < 4.78 is 58.5. The van der Waals surface area contributed by atoms with Gasteiger partial charge in [-0.2, -0.15) is 8.78 Å². The molecule has 3 rings (SSSR count). The van der Waals surface area contributed by atoms with Crippen LogP contribution in [-0.4, -0.2) is 6.61 Å². The Morgan fingerprint density at radius 1 is 0.793 bits per heavy atom. The van der Waals surface area contributed by atoms with E-state index < -0.39 is 18.2 Å². The van der Waals surface area contributed by atoms with Gasteiger partial charge in [-0.1, -0.05) is 50.8 Å². The minimum atomic E-state index is -2.90. The summed E-state index contributed by atoms with van der Waals surface area (Å²) in [5.41, 5.74) is 0.994. The molecule has 0 aliphatic carbocycles. The number of hydrogen-bond donors (Lipinski definition) is 0. The van der Waals surface area contributed by atoms with Gasteiger partial charge >= 0.3 is 6.61 Å². The van der Waals surface area contributed by atoms with E-state index >= 15 is 0 Å². The van der Waals surface area contributed by atoms with E-state index in [1.54, 1.807) is 24.3 Å². The molecule has 0 radical (unpaired) electrons. The van der Waals surface area contributed by atoms with Crippen LogP contribution in [-0.2, 0) is 6.42 Å². The first-order valence-corrected chi connectivity index (χ1v) is 9.95. The molecule has 0 heterocycles. The lowest BCUT2D eigenvalue weighted by Crippen LogP contribution is -2.01. The topological polar surface area (TPSA) is 9.23 Å². The zero-order valence-electron chi connectivity index (χ0n) is 16.4. The first-order valence-electron chi connectivity index (χ1n) is 9.95. The lowest BCUT2D eigenvalue weighted by Gasteiger charge is -2.11. The number of halogens is 4. The van der Waals surface area contributed by atoms with E-state index in [1.807, 2.05) is 0 Å². The summed E-state index contributed by atoms with van der Waals surface area (Å²) in [6.45, 7) is -0.757. The minimum absolute atomic E-state index is 0.0425. The maximum absolute atomic E-state index is 14.7. The van der Waals surface area contributed by atoms with Crippen LogP contribution in [0, 0.1) is 11.6 Å². The molecular weight excluding hydrogens is 380 g/mol. The number of ether oxygens (including phenoxy) is 1. The molecule has 3 aromatic carbocycles. The van der Waals surface area contributed by atoms with Crippen molar-refractivity contribution in [3.63, 3.8) is 0 Å². The van der Waals surface area contributed by atoms with Gasteiger partial charge in [0.25, 0.3) is 0 Å². The predicted octanol–water partition coefficient (Wildman–Crippen LogP) is 7.90. The third kappa shape index (κ3) is 5.49. The zero-order chi connectivity index (χ0) is 20.8. The fourth-order valence-corrected chi connectivity index (χ4v) is 3.53. The van der Waals surface area contributed by atoms with Gasteiger partial charge < -0.3 is 4.74 Å². The highest BCUT2D eigenvalue weighted by atomic mass is 19.3. The molecule has 0 amide bonds. The molecule has 0 spiro atoms. The molecule has 0 aromatic heterocycles. The van der Waals surface area contributed by atoms with Crippen LogP contribution < -0.4 is 4.74 Å². The van der Waals surface area contributed by atoms with Gasteiger partial charge in [-0.25, -0.2) is 8.78 Å². The van der Waals surface area contributed by atoms with Crippen LogP contribution in [0.15, 0.2) is 48.5 Å². The zero-order valence-corrected chi connectivity index (χ0v) is 16.4. The molecule has 3 aromatic rings. The average Bonchev–Trinajstić information content (AvgIpc) is 2.67. The van der Waals surface area contributed by atoms with Crippen LogP contribution >= 0.6 is 0 Å². The Morgan fingerprint density at radius 3 is 2.14 bits per heavy atom. The van der Waals surface area contributed by atoms with Gasteiger partial charge in [-0.3, -0.25) is 0 Å². The second-order valence-corrected chi connectivity index (χ2v) is 7.20. The molecule has 0 aliphatic heterocycles. The van der Waals surface area contributed by atoms with Gasteiger partial charge in [0, 0.05) is 0 Å². The lowest BCUT2D eigenvalue weighted by atomic mass is 9.97. The highest BCUT2D eigenvalue weighted by molar-refractivity contribution is 5.88. The van der Waals surface area contributed by atoms with Crippen molar-refractivity contribution >= 4 is 10.8 Å². The summed E-state index contributed by atoms with van der Waals surface area (Å²) in [5.74, 6) is -1.14. The number of hydrogen-bond acceptors (Lipinski definition) is 1. The van der Waals surface area contributed by atoms with Crippen LogP contribution in [0.25, 0.3) is 21.9 Å². The van der Waals surface area contributed by atoms with Crippen LogP contribution in [0.5, 0.6) is 5.75 Å². The Kier molecular flexibility index (Phi) is 7.13. The van der Waals surface area contributed by atoms with Crippen molar-refractivity contribution in [2.24, 2.45) is 0 Å². The summed E-state index contributed by atoms with van der Waals surface area (Å²) in [6.07, 6.45) is 6.10. The van der Waals surface area contributed by atoms with E-state index in [2.05, 4.69) is 11.7 Å². The van der Waals surface area contributed by atoms with Gasteiger partial charge in [-0.15, -0.1) is 0 Å². The molecule has 5 heteroatoms. The molecule has 0 aliphatic rings. The monoisotopic (exact) mass is 404 g/mol. The Labute approximate surface area is 168 Å². The van der Waals surface area contributed by atoms with Crippen LogP contribution in [0.3, 0.4) is 0 Å². The predicted molar refractivity (Wildman–Crippen MR) is 108 cm³/mol. The van der Waals surface area contributed by atoms with Crippen LogP contribution in [0.1, 0.15) is 44.6 Å². The van der Waals surface area contributed by atoms with E-state index in [1.165, 1.54) is 30.7 Å². The Hall–Kier alpha value is -2.56. The van der Waals surface area contributed by atoms with E-state index in [0.29, 0.717) is 28.3 Å². The first kappa shape index (κ1) is 21.2. The van der Waals surface area contributed by atoms with E-state index in [4.69, 9.17) is 0 Å². The second-order valence-electron chi connectivity index (χ2n) is 7.20. The van der Waals surface area contributed by atoms with Crippen molar-refractivity contribution in [1.29, 1.82) is 0 Å². The normalized spacial score (nSPS) is 11.4. The summed E-state index contributed by atoms with van der Waals surface area (Å²) >= 11 is 0. The van der Waals surface area contributed by atoms with Crippen molar-refractivity contribution < 1.29 is 22.3 Å². The second kappa shape index (κ2) is 9.77. The molecule has 0 atom stereocenters. The smallest absolute Gasteiger partial charge is 0.387 e. The molecule has 0 fully saturated rings. The molecule has 1 nitrogen and oxygen atoms in total. The average molecular weight is 404 g/mol. The highest BCUT2D eigenvalue weighted by Crippen LogP contribution is 2.31. The minimum Gasteiger partial charge on any atom is -0.435 e. The van der Waals surface area contributed by atoms with Crippen LogP contribution in [0.2, 0.25) is 0 Å². The number of rotatable bonds is 9. The molecule has 0 saturated carbocycles. The first-order chi connectivity index (χ1) is 14.0. The summed E-state index contributed by atoms with van der Waals surface area (Å²) in [7, 11) is 0. The Balaban J connectivity index is 1.81. The van der Waals surface area contributed by atoms with Gasteiger partial charge in [0.05, 0.1) is 5.56 Å². The maximum atomic E-state index is 14.7. The van der Waals surface area contributed by atoms with E-state index in [0.717, 1.165) is 25.7 Å². The van der Waals surface area contributed by atoms with Gasteiger partial charge in [0.1, 0.15) is 17.4 Å². The van der Waals surface area contributed by atoms with Gasteiger partial charge in [0.15, 0.2) is 0 Å². The van der Waals surface area contributed by atoms with E-state index in [-0.39, 0.29) is 11.3 Å². The van der Waals surface area contributed by atoms with Crippen molar-refractivity contribution in [1.82, 2.24) is 0 Å². The molecule has 0 N–H and O–H groups in total. The van der Waals surface area contributed by atoms with Crippen molar-refractivity contribution in [2.45, 2.75) is 52.1 Å². The number of benzene rings is 3. The van der Waals surface area contributed by atoms with E-state index in [9.17, 15) is 17.6 Å². The van der Waals surface area contributed by atoms with Crippen molar-refractivity contribution in [3.05, 3.63) is 65.7 Å². The summed E-state index contributed by atoms with van der Waals surface area (Å²) in [5, 5.41) is 1.33. The molecular formula is C24H24F4O. The number of alkyl halides is 2. The van der Waals surface area contributed by atoms with Crippen LogP contribution in [0.4, 0.5) is 17.6 Å². The standard InChI is InChI=1S/C24H24F4O/c1-2-3-4-5-6-7-16-12-21(25)23(22(26)13-16)19-9-8-18-15-20(29-24(27)28)11-10-17(18)14-19/h8-15,24H,2-7H2,1H3. The lowest BCUT2D eigenvalue weighted by molar-refractivity contribution is -0.0497. The molecule has 0 bridgehead atoms. The maximum Gasteiger partial charge on any atom is 0.387 e. The fraction of sp³-hybridized carbons (Fsp3) is 0.333. The van der Waals surface area contributed by atoms with Gasteiger partial charge in [0.2, 0.25) is 0 Å². The summed E-state index contributed by atoms with van der Waals surface area (Å²) in [6, 6.07) is 12.2. The Bertz CT molecular complexity index is 945. The SMILES string of the molecule is CCCCCCCc1cc(F)c(-c2ccc3cc(OC(F)F)ccc3c2)c(F)c1. The fourth-order valence-electron chi connectivity index (χ4n) is 3.53. The highest BCUT2D eigenvalue weighted by Gasteiger charge is 2.14. The quantitative estimate of drug-likeness (QED) is 0.260. The molecule has 0 unspecified atom stereocenters. The largest absolute Gasteiger partial charge is 0.435 e.